The third-order valence-corrected chi connectivity index (χ3v) is 11.4. The van der Waals surface area contributed by atoms with Gasteiger partial charge >= 0.3 is 0 Å². The number of benzene rings is 10. The quantitative estimate of drug-likeness (QED) is 0.133. The maximum atomic E-state index is 2.35. The zero-order valence-electron chi connectivity index (χ0n) is 32.1. The van der Waals surface area contributed by atoms with Crippen LogP contribution in [0.5, 0.6) is 0 Å². The summed E-state index contributed by atoms with van der Waals surface area (Å²) < 4.78 is 0. The lowest BCUT2D eigenvalue weighted by Gasteiger charge is -2.27. The lowest BCUT2D eigenvalue weighted by atomic mass is 9.82. The molecule has 10 rings (SSSR count). The summed E-state index contributed by atoms with van der Waals surface area (Å²) in [6, 6.07) is 87.9. The van der Waals surface area contributed by atoms with Crippen LogP contribution in [0, 0.1) is 0 Å². The van der Waals surface area contributed by atoms with Gasteiger partial charge < -0.3 is 4.90 Å². The van der Waals surface area contributed by atoms with E-state index in [0.717, 1.165) is 17.1 Å². The predicted molar refractivity (Wildman–Crippen MR) is 246 cm³/mol. The van der Waals surface area contributed by atoms with E-state index in [4.69, 9.17) is 0 Å². The average molecular weight is 740 g/mol. The standard InChI is InChI=1S/C57H41N/c1-3-15-49(16-4-1)57(55-23-11-17-47-13-7-9-21-53(47)55)50-35-33-45(34-36-50)43-27-25-41(26-28-43)42-29-31-44(32-30-42)46-37-39-52(40-38-46)58(51-19-5-2-6-20-51)56-24-12-18-48-14-8-10-22-54(48)56/h1-40,57H. The Kier molecular flexibility index (Phi) is 9.39. The molecule has 1 heteroatoms. The van der Waals surface area contributed by atoms with Crippen molar-refractivity contribution in [2.45, 2.75) is 5.92 Å². The van der Waals surface area contributed by atoms with E-state index in [0.29, 0.717) is 0 Å². The van der Waals surface area contributed by atoms with Crippen molar-refractivity contribution in [2.75, 3.05) is 4.90 Å². The molecule has 58 heavy (non-hydrogen) atoms. The number of fused-ring (bicyclic) bond motifs is 2. The fraction of sp³-hybridized carbons (Fsp3) is 0.0175. The summed E-state index contributed by atoms with van der Waals surface area (Å²) in [5.41, 5.74) is 14.6. The van der Waals surface area contributed by atoms with Crippen molar-refractivity contribution in [1.29, 1.82) is 0 Å². The summed E-state index contributed by atoms with van der Waals surface area (Å²) in [5, 5.41) is 5.02. The van der Waals surface area contributed by atoms with Gasteiger partial charge in [0.05, 0.1) is 5.69 Å². The molecule has 1 unspecified atom stereocenters. The second-order valence-electron chi connectivity index (χ2n) is 14.9. The normalized spacial score (nSPS) is 11.7. The number of hydrogen-bond acceptors (Lipinski definition) is 1. The van der Waals surface area contributed by atoms with Gasteiger partial charge in [0.1, 0.15) is 0 Å². The Morgan fingerprint density at radius 1 is 0.259 bits per heavy atom. The minimum Gasteiger partial charge on any atom is -0.310 e. The summed E-state index contributed by atoms with van der Waals surface area (Å²) in [4.78, 5) is 2.35. The van der Waals surface area contributed by atoms with Crippen LogP contribution in [0.2, 0.25) is 0 Å². The maximum Gasteiger partial charge on any atom is 0.0540 e. The van der Waals surface area contributed by atoms with Gasteiger partial charge in [-0.15, -0.1) is 0 Å². The van der Waals surface area contributed by atoms with Crippen LogP contribution in [0.1, 0.15) is 22.6 Å². The highest BCUT2D eigenvalue weighted by Gasteiger charge is 2.19. The molecule has 0 spiro atoms. The summed E-state index contributed by atoms with van der Waals surface area (Å²) >= 11 is 0. The van der Waals surface area contributed by atoms with E-state index < -0.39 is 0 Å². The molecule has 0 aliphatic carbocycles. The van der Waals surface area contributed by atoms with Crippen molar-refractivity contribution >= 4 is 38.6 Å². The molecule has 0 aliphatic rings. The molecule has 1 atom stereocenters. The third-order valence-electron chi connectivity index (χ3n) is 11.4. The molecule has 0 saturated heterocycles. The largest absolute Gasteiger partial charge is 0.310 e. The van der Waals surface area contributed by atoms with Gasteiger partial charge in [-0.3, -0.25) is 0 Å². The first-order valence-corrected chi connectivity index (χ1v) is 20.0. The van der Waals surface area contributed by atoms with Crippen LogP contribution in [-0.4, -0.2) is 0 Å². The summed E-state index contributed by atoms with van der Waals surface area (Å²) in [6.45, 7) is 0. The van der Waals surface area contributed by atoms with Gasteiger partial charge in [0.2, 0.25) is 0 Å². The first kappa shape index (κ1) is 35.0. The number of hydrogen-bond donors (Lipinski definition) is 0. The maximum absolute atomic E-state index is 2.35. The highest BCUT2D eigenvalue weighted by molar-refractivity contribution is 5.99. The molecule has 0 fully saturated rings. The lowest BCUT2D eigenvalue weighted by Crippen LogP contribution is -2.10. The second-order valence-corrected chi connectivity index (χ2v) is 14.9. The fourth-order valence-corrected chi connectivity index (χ4v) is 8.49. The van der Waals surface area contributed by atoms with Crippen molar-refractivity contribution in [3.05, 3.63) is 259 Å². The Morgan fingerprint density at radius 3 is 1.21 bits per heavy atom. The molecule has 274 valence electrons. The topological polar surface area (TPSA) is 3.24 Å². The van der Waals surface area contributed by atoms with Crippen molar-refractivity contribution < 1.29 is 0 Å². The SMILES string of the molecule is c1ccc(C(c2ccc(-c3ccc(-c4ccc(-c5ccc(N(c6ccccc6)c6cccc7ccccc67)cc5)cc4)cc3)cc2)c2cccc3ccccc23)cc1. The van der Waals surface area contributed by atoms with Crippen molar-refractivity contribution in [2.24, 2.45) is 0 Å². The lowest BCUT2D eigenvalue weighted by molar-refractivity contribution is 0.989. The van der Waals surface area contributed by atoms with Crippen molar-refractivity contribution in [3.8, 4) is 33.4 Å². The number of para-hydroxylation sites is 1. The predicted octanol–water partition coefficient (Wildman–Crippen LogP) is 15.6. The molecule has 10 aromatic rings. The van der Waals surface area contributed by atoms with Crippen LogP contribution in [0.3, 0.4) is 0 Å². The monoisotopic (exact) mass is 739 g/mol. The number of rotatable bonds is 9. The van der Waals surface area contributed by atoms with E-state index in [1.165, 1.54) is 71.6 Å². The van der Waals surface area contributed by atoms with E-state index in [1.807, 2.05) is 0 Å². The molecule has 0 heterocycles. The molecule has 0 N–H and O–H groups in total. The Balaban J connectivity index is 0.882. The van der Waals surface area contributed by atoms with Crippen molar-refractivity contribution in [3.63, 3.8) is 0 Å². The fourth-order valence-electron chi connectivity index (χ4n) is 8.49. The molecule has 0 saturated carbocycles. The summed E-state index contributed by atoms with van der Waals surface area (Å²) in [7, 11) is 0. The van der Waals surface area contributed by atoms with Crippen LogP contribution in [0.15, 0.2) is 243 Å². The Labute approximate surface area is 340 Å². The zero-order chi connectivity index (χ0) is 38.7. The van der Waals surface area contributed by atoms with Crippen LogP contribution < -0.4 is 4.90 Å². The van der Waals surface area contributed by atoms with E-state index in [1.54, 1.807) is 0 Å². The smallest absolute Gasteiger partial charge is 0.0540 e. The Bertz CT molecular complexity index is 2730. The molecular formula is C57H41N. The summed E-state index contributed by atoms with van der Waals surface area (Å²) in [6.07, 6.45) is 0. The van der Waals surface area contributed by atoms with Crippen LogP contribution >= 0.6 is 0 Å². The van der Waals surface area contributed by atoms with Gasteiger partial charge in [-0.1, -0.05) is 212 Å². The summed E-state index contributed by atoms with van der Waals surface area (Å²) in [5.74, 6) is 0.142. The minimum atomic E-state index is 0.142. The number of anilines is 3. The van der Waals surface area contributed by atoms with E-state index in [2.05, 4.69) is 248 Å². The van der Waals surface area contributed by atoms with Crippen molar-refractivity contribution in [1.82, 2.24) is 0 Å². The second kappa shape index (κ2) is 15.6. The van der Waals surface area contributed by atoms with Gasteiger partial charge in [0, 0.05) is 22.7 Å². The molecule has 0 aromatic heterocycles. The highest BCUT2D eigenvalue weighted by Crippen LogP contribution is 2.40. The van der Waals surface area contributed by atoms with Crippen LogP contribution in [0.25, 0.3) is 54.9 Å². The first-order valence-electron chi connectivity index (χ1n) is 20.0. The van der Waals surface area contributed by atoms with E-state index in [-0.39, 0.29) is 5.92 Å². The number of nitrogens with zero attached hydrogens (tertiary/aromatic N) is 1. The van der Waals surface area contributed by atoms with E-state index >= 15 is 0 Å². The first-order chi connectivity index (χ1) is 28.8. The van der Waals surface area contributed by atoms with E-state index in [9.17, 15) is 0 Å². The van der Waals surface area contributed by atoms with Crippen LogP contribution in [-0.2, 0) is 0 Å². The molecule has 0 bridgehead atoms. The molecule has 0 radical (unpaired) electrons. The van der Waals surface area contributed by atoms with Gasteiger partial charge in [-0.2, -0.15) is 0 Å². The average Bonchev–Trinajstić information content (AvgIpc) is 3.31. The Morgan fingerprint density at radius 2 is 0.638 bits per heavy atom. The zero-order valence-corrected chi connectivity index (χ0v) is 32.1. The van der Waals surface area contributed by atoms with Gasteiger partial charge in [-0.25, -0.2) is 0 Å². The van der Waals surface area contributed by atoms with Gasteiger partial charge in [-0.05, 0) is 96.6 Å². The Hall–Kier alpha value is -7.48. The van der Waals surface area contributed by atoms with Gasteiger partial charge in [0.15, 0.2) is 0 Å². The third kappa shape index (κ3) is 6.84. The van der Waals surface area contributed by atoms with Gasteiger partial charge in [0.25, 0.3) is 0 Å². The molecule has 1 nitrogen and oxygen atoms in total. The minimum absolute atomic E-state index is 0.142. The van der Waals surface area contributed by atoms with Crippen LogP contribution in [0.4, 0.5) is 17.1 Å². The molecule has 0 aliphatic heterocycles. The molecule has 10 aromatic carbocycles. The molecule has 0 amide bonds. The highest BCUT2D eigenvalue weighted by atomic mass is 15.1. The molecular weight excluding hydrogens is 699 g/mol.